The van der Waals surface area contributed by atoms with E-state index in [9.17, 15) is 8.78 Å². The van der Waals surface area contributed by atoms with E-state index in [1.807, 2.05) is 18.3 Å². The Labute approximate surface area is 197 Å². The summed E-state index contributed by atoms with van der Waals surface area (Å²) in [6.07, 6.45) is 3.89. The monoisotopic (exact) mass is 544 g/mol. The fourth-order valence-corrected chi connectivity index (χ4v) is 3.26. The summed E-state index contributed by atoms with van der Waals surface area (Å²) in [7, 11) is 3.19. The van der Waals surface area contributed by atoms with E-state index in [0.717, 1.165) is 24.9 Å². The van der Waals surface area contributed by atoms with E-state index >= 15 is 0 Å². The predicted molar refractivity (Wildman–Crippen MR) is 130 cm³/mol. The molecule has 0 bridgehead atoms. The maximum atomic E-state index is 12.7. The molecule has 3 rings (SSSR count). The zero-order chi connectivity index (χ0) is 21.3. The third-order valence-corrected chi connectivity index (χ3v) is 4.74. The minimum Gasteiger partial charge on any atom is -0.497 e. The van der Waals surface area contributed by atoms with Crippen LogP contribution in [0.3, 0.4) is 0 Å². The molecule has 0 spiro atoms. The third-order valence-electron chi connectivity index (χ3n) is 4.74. The molecule has 6 nitrogen and oxygen atoms in total. The van der Waals surface area contributed by atoms with Crippen molar-refractivity contribution in [2.24, 2.45) is 4.99 Å². The molecule has 0 aliphatic carbocycles. The third kappa shape index (κ3) is 6.98. The Morgan fingerprint density at radius 2 is 1.94 bits per heavy atom. The molecule has 0 radical (unpaired) electrons. The normalized spacial score (nSPS) is 11.3. The molecule has 168 valence electrons. The van der Waals surface area contributed by atoms with Crippen LogP contribution in [-0.2, 0) is 13.0 Å². The second-order valence-corrected chi connectivity index (χ2v) is 6.67. The van der Waals surface area contributed by atoms with E-state index < -0.39 is 6.61 Å². The van der Waals surface area contributed by atoms with Gasteiger partial charge in [-0.25, -0.2) is 0 Å². The van der Waals surface area contributed by atoms with Crippen LogP contribution in [0, 0.1) is 0 Å². The highest BCUT2D eigenvalue weighted by Crippen LogP contribution is 2.25. The van der Waals surface area contributed by atoms with Crippen LogP contribution < -0.4 is 20.1 Å². The van der Waals surface area contributed by atoms with Crippen molar-refractivity contribution in [3.05, 3.63) is 59.8 Å². The number of aliphatic imine (C=N–C) groups is 1. The van der Waals surface area contributed by atoms with Crippen molar-refractivity contribution < 1.29 is 18.3 Å². The zero-order valence-corrected chi connectivity index (χ0v) is 19.8. The highest BCUT2D eigenvalue weighted by atomic mass is 127. The number of alkyl halides is 2. The van der Waals surface area contributed by atoms with E-state index in [-0.39, 0.29) is 36.3 Å². The lowest BCUT2D eigenvalue weighted by Gasteiger charge is -2.15. The number of para-hydroxylation sites is 1. The molecule has 0 fully saturated rings. The van der Waals surface area contributed by atoms with Crippen molar-refractivity contribution >= 4 is 40.8 Å². The molecule has 31 heavy (non-hydrogen) atoms. The van der Waals surface area contributed by atoms with Crippen LogP contribution in [0.15, 0.2) is 53.7 Å². The zero-order valence-electron chi connectivity index (χ0n) is 17.5. The smallest absolute Gasteiger partial charge is 0.387 e. The Bertz CT molecular complexity index is 995. The molecule has 0 saturated carbocycles. The Kier molecular flexibility index (Phi) is 9.83. The van der Waals surface area contributed by atoms with Gasteiger partial charge in [0.15, 0.2) is 5.96 Å². The van der Waals surface area contributed by atoms with Gasteiger partial charge in [0.25, 0.3) is 0 Å². The van der Waals surface area contributed by atoms with E-state index in [4.69, 9.17) is 4.74 Å². The van der Waals surface area contributed by atoms with Gasteiger partial charge in [-0.1, -0.05) is 18.2 Å². The first-order valence-corrected chi connectivity index (χ1v) is 9.72. The summed E-state index contributed by atoms with van der Waals surface area (Å²) >= 11 is 0. The van der Waals surface area contributed by atoms with Gasteiger partial charge in [-0.3, -0.25) is 4.99 Å². The number of nitrogens with one attached hydrogen (secondary N) is 3. The van der Waals surface area contributed by atoms with Crippen LogP contribution in [0.2, 0.25) is 0 Å². The molecule has 0 aliphatic rings. The summed E-state index contributed by atoms with van der Waals surface area (Å²) < 4.78 is 35.1. The van der Waals surface area contributed by atoms with Crippen LogP contribution in [-0.4, -0.2) is 38.3 Å². The van der Waals surface area contributed by atoms with Crippen molar-refractivity contribution in [3.63, 3.8) is 0 Å². The molecular formula is C22H27F2IN4O2. The number of benzene rings is 2. The SMILES string of the molecule is CN=C(NCCCc1c[nH]c2ccccc12)NCc1cc(OC)ccc1OC(F)F.I. The summed E-state index contributed by atoms with van der Waals surface area (Å²) in [5.41, 5.74) is 2.97. The van der Waals surface area contributed by atoms with Crippen molar-refractivity contribution in [2.45, 2.75) is 26.0 Å². The van der Waals surface area contributed by atoms with Gasteiger partial charge in [0.05, 0.1) is 7.11 Å². The number of hydrogen-bond acceptors (Lipinski definition) is 3. The molecule has 0 amide bonds. The summed E-state index contributed by atoms with van der Waals surface area (Å²) in [6.45, 7) is -1.90. The molecule has 3 aromatic rings. The first-order valence-electron chi connectivity index (χ1n) is 9.72. The van der Waals surface area contributed by atoms with E-state index in [0.29, 0.717) is 17.3 Å². The van der Waals surface area contributed by atoms with Crippen molar-refractivity contribution in [3.8, 4) is 11.5 Å². The number of fused-ring (bicyclic) bond motifs is 1. The Morgan fingerprint density at radius 3 is 2.68 bits per heavy atom. The number of nitrogens with zero attached hydrogens (tertiary/aromatic N) is 1. The Morgan fingerprint density at radius 1 is 1.13 bits per heavy atom. The number of hydrogen-bond donors (Lipinski definition) is 3. The average molecular weight is 544 g/mol. The van der Waals surface area contributed by atoms with Gasteiger partial charge >= 0.3 is 6.61 Å². The van der Waals surface area contributed by atoms with Gasteiger partial charge in [0, 0.05) is 42.8 Å². The molecule has 0 atom stereocenters. The lowest BCUT2D eigenvalue weighted by atomic mass is 10.1. The van der Waals surface area contributed by atoms with Crippen molar-refractivity contribution in [1.29, 1.82) is 0 Å². The van der Waals surface area contributed by atoms with Crippen LogP contribution in [0.25, 0.3) is 10.9 Å². The topological polar surface area (TPSA) is 70.7 Å². The number of halogens is 3. The van der Waals surface area contributed by atoms with E-state index in [1.54, 1.807) is 19.2 Å². The fourth-order valence-electron chi connectivity index (χ4n) is 3.26. The van der Waals surface area contributed by atoms with Gasteiger partial charge in [0.2, 0.25) is 0 Å². The molecule has 2 aromatic carbocycles. The lowest BCUT2D eigenvalue weighted by molar-refractivity contribution is -0.0504. The number of H-pyrrole nitrogens is 1. The summed E-state index contributed by atoms with van der Waals surface area (Å²) in [5, 5.41) is 7.61. The number of rotatable bonds is 9. The van der Waals surface area contributed by atoms with Crippen molar-refractivity contribution in [2.75, 3.05) is 20.7 Å². The average Bonchev–Trinajstić information content (AvgIpc) is 3.17. The van der Waals surface area contributed by atoms with Gasteiger partial charge in [-0.2, -0.15) is 8.78 Å². The first kappa shape index (κ1) is 24.7. The number of methoxy groups -OCH3 is 1. The molecule has 9 heteroatoms. The minimum absolute atomic E-state index is 0. The fraction of sp³-hybridized carbons (Fsp3) is 0.318. The number of aryl methyl sites for hydroxylation is 1. The van der Waals surface area contributed by atoms with Gasteiger partial charge < -0.3 is 25.1 Å². The second kappa shape index (κ2) is 12.3. The standard InChI is InChI=1S/C22H26F2N4O2.HI/c1-25-22(26-11-5-6-15-13-27-19-8-4-3-7-18(15)19)28-14-16-12-17(29-2)9-10-20(16)30-21(23)24;/h3-4,7-10,12-13,21,27H,5-6,11,14H2,1-2H3,(H2,25,26,28);1H. The van der Waals surface area contributed by atoms with Gasteiger partial charge in [-0.15, -0.1) is 24.0 Å². The van der Waals surface area contributed by atoms with Crippen LogP contribution in [0.1, 0.15) is 17.5 Å². The first-order chi connectivity index (χ1) is 14.6. The number of aromatic nitrogens is 1. The van der Waals surface area contributed by atoms with Crippen LogP contribution in [0.4, 0.5) is 8.78 Å². The molecule has 1 aromatic heterocycles. The Hall–Kier alpha value is -2.56. The van der Waals surface area contributed by atoms with E-state index in [2.05, 4.69) is 37.5 Å². The number of ether oxygens (including phenoxy) is 2. The number of aromatic amines is 1. The molecule has 0 aliphatic heterocycles. The minimum atomic E-state index is -2.89. The molecule has 0 unspecified atom stereocenters. The molecule has 0 saturated heterocycles. The van der Waals surface area contributed by atoms with Crippen LogP contribution >= 0.6 is 24.0 Å². The Balaban J connectivity index is 0.00000341. The maximum absolute atomic E-state index is 12.7. The summed E-state index contributed by atoms with van der Waals surface area (Å²) in [5.74, 6) is 1.25. The summed E-state index contributed by atoms with van der Waals surface area (Å²) in [4.78, 5) is 7.47. The highest BCUT2D eigenvalue weighted by molar-refractivity contribution is 14.0. The molecule has 1 heterocycles. The summed E-state index contributed by atoms with van der Waals surface area (Å²) in [6, 6.07) is 12.9. The second-order valence-electron chi connectivity index (χ2n) is 6.67. The highest BCUT2D eigenvalue weighted by Gasteiger charge is 2.11. The molecular weight excluding hydrogens is 517 g/mol. The number of guanidine groups is 1. The largest absolute Gasteiger partial charge is 0.497 e. The van der Waals surface area contributed by atoms with Crippen molar-refractivity contribution in [1.82, 2.24) is 15.6 Å². The molecule has 3 N–H and O–H groups in total. The maximum Gasteiger partial charge on any atom is 0.387 e. The predicted octanol–water partition coefficient (Wildman–Crippen LogP) is 4.69. The van der Waals surface area contributed by atoms with E-state index in [1.165, 1.54) is 24.1 Å². The van der Waals surface area contributed by atoms with Gasteiger partial charge in [-0.05, 0) is 42.7 Å². The van der Waals surface area contributed by atoms with Crippen LogP contribution in [0.5, 0.6) is 11.5 Å². The van der Waals surface area contributed by atoms with Gasteiger partial charge in [0.1, 0.15) is 11.5 Å². The quantitative estimate of drug-likeness (QED) is 0.158. The lowest BCUT2D eigenvalue weighted by Crippen LogP contribution is -2.37.